The Labute approximate surface area is 124 Å². The van der Waals surface area contributed by atoms with Gasteiger partial charge >= 0.3 is 18.3 Å². The van der Waals surface area contributed by atoms with Crippen molar-refractivity contribution in [1.82, 2.24) is 5.32 Å². The molecule has 0 saturated heterocycles. The predicted molar refractivity (Wildman–Crippen MR) is 69.9 cm³/mol. The number of hydrogen-bond donors (Lipinski definition) is 2. The molecule has 122 valence electrons. The smallest absolute Gasteiger partial charge is 0.383 e. The highest BCUT2D eigenvalue weighted by Gasteiger charge is 2.49. The van der Waals surface area contributed by atoms with E-state index in [0.717, 1.165) is 0 Å². The van der Waals surface area contributed by atoms with Crippen LogP contribution in [0.4, 0.5) is 17.6 Å². The van der Waals surface area contributed by atoms with Gasteiger partial charge in [-0.15, -0.1) is 0 Å². The first-order chi connectivity index (χ1) is 10.2. The average molecular weight is 321 g/mol. The molecule has 0 aliphatic carbocycles. The van der Waals surface area contributed by atoms with Gasteiger partial charge in [-0.3, -0.25) is 9.59 Å². The van der Waals surface area contributed by atoms with Crippen LogP contribution in [0.15, 0.2) is 30.3 Å². The summed E-state index contributed by atoms with van der Waals surface area (Å²) in [5, 5.41) is 10.4. The molecule has 1 rings (SSSR count). The monoisotopic (exact) mass is 321 g/mol. The Hall–Kier alpha value is -2.12. The predicted octanol–water partition coefficient (Wildman–Crippen LogP) is 2.48. The second kappa shape index (κ2) is 7.77. The first-order valence-corrected chi connectivity index (χ1v) is 6.46. The fraction of sp³-hybridized carbons (Fsp3) is 0.429. The van der Waals surface area contributed by atoms with Gasteiger partial charge in [0.25, 0.3) is 5.91 Å². The summed E-state index contributed by atoms with van der Waals surface area (Å²) >= 11 is 0. The fourth-order valence-electron chi connectivity index (χ4n) is 1.80. The van der Waals surface area contributed by atoms with Gasteiger partial charge in [0.05, 0.1) is 0 Å². The lowest BCUT2D eigenvalue weighted by Crippen LogP contribution is -2.49. The molecule has 8 heteroatoms. The minimum atomic E-state index is -4.81. The zero-order valence-corrected chi connectivity index (χ0v) is 11.4. The van der Waals surface area contributed by atoms with E-state index < -0.39 is 30.3 Å². The third kappa shape index (κ3) is 5.34. The summed E-state index contributed by atoms with van der Waals surface area (Å²) < 4.78 is 50.2. The number of benzene rings is 1. The molecule has 0 spiro atoms. The number of carbonyl (C=O) groups is 2. The highest BCUT2D eigenvalue weighted by Crippen LogP contribution is 2.23. The SMILES string of the molecule is O=C(O)CCC(Cc1ccccc1)NC(=O)C(F)(F)C(F)F. The van der Waals surface area contributed by atoms with E-state index in [-0.39, 0.29) is 19.3 Å². The number of carboxylic acid groups (broad SMARTS) is 1. The van der Waals surface area contributed by atoms with Gasteiger partial charge in [-0.1, -0.05) is 30.3 Å². The molecule has 1 aromatic rings. The zero-order valence-electron chi connectivity index (χ0n) is 11.4. The Morgan fingerprint density at radius 2 is 1.77 bits per heavy atom. The Bertz CT molecular complexity index is 508. The molecule has 1 unspecified atom stereocenters. The number of halogens is 4. The van der Waals surface area contributed by atoms with Crippen LogP contribution in [0, 0.1) is 0 Å². The summed E-state index contributed by atoms with van der Waals surface area (Å²) in [5.74, 6) is -8.08. The van der Waals surface area contributed by atoms with Gasteiger partial charge in [-0.05, 0) is 18.4 Å². The molecule has 0 heterocycles. The van der Waals surface area contributed by atoms with Crippen LogP contribution < -0.4 is 5.32 Å². The van der Waals surface area contributed by atoms with E-state index in [1.165, 1.54) is 0 Å². The van der Waals surface area contributed by atoms with Crippen LogP contribution in [0.1, 0.15) is 18.4 Å². The summed E-state index contributed by atoms with van der Waals surface area (Å²) in [5.41, 5.74) is 0.665. The Morgan fingerprint density at radius 1 is 1.18 bits per heavy atom. The number of rotatable bonds is 8. The second-order valence-corrected chi connectivity index (χ2v) is 4.72. The zero-order chi connectivity index (χ0) is 16.8. The van der Waals surface area contributed by atoms with Crippen molar-refractivity contribution in [3.05, 3.63) is 35.9 Å². The number of hydrogen-bond acceptors (Lipinski definition) is 2. The van der Waals surface area contributed by atoms with Crippen LogP contribution in [-0.4, -0.2) is 35.4 Å². The van der Waals surface area contributed by atoms with Crippen molar-refractivity contribution >= 4 is 11.9 Å². The van der Waals surface area contributed by atoms with Crippen LogP contribution in [0.3, 0.4) is 0 Å². The first kappa shape index (κ1) is 17.9. The summed E-state index contributed by atoms with van der Waals surface area (Å²) in [6.45, 7) is 0. The summed E-state index contributed by atoms with van der Waals surface area (Å²) in [6, 6.07) is 7.42. The Balaban J connectivity index is 2.77. The van der Waals surface area contributed by atoms with Crippen LogP contribution in [0.2, 0.25) is 0 Å². The lowest BCUT2D eigenvalue weighted by molar-refractivity contribution is -0.170. The fourth-order valence-corrected chi connectivity index (χ4v) is 1.80. The van der Waals surface area contributed by atoms with E-state index in [9.17, 15) is 27.2 Å². The van der Waals surface area contributed by atoms with Crippen LogP contribution >= 0.6 is 0 Å². The third-order valence-electron chi connectivity index (χ3n) is 2.94. The van der Waals surface area contributed by atoms with Gasteiger partial charge in [0, 0.05) is 12.5 Å². The van der Waals surface area contributed by atoms with Crippen LogP contribution in [0.5, 0.6) is 0 Å². The molecule has 0 aromatic heterocycles. The molecule has 1 aromatic carbocycles. The minimum Gasteiger partial charge on any atom is -0.481 e. The standard InChI is InChI=1S/C14H15F4NO3/c15-12(16)14(17,18)13(22)19-10(6-7-11(20)21)8-9-4-2-1-3-5-9/h1-5,10,12H,6-8H2,(H,19,22)(H,20,21). The van der Waals surface area contributed by atoms with Crippen molar-refractivity contribution in [3.8, 4) is 0 Å². The lowest BCUT2D eigenvalue weighted by atomic mass is 10.0. The van der Waals surface area contributed by atoms with Gasteiger partial charge in [0.2, 0.25) is 0 Å². The van der Waals surface area contributed by atoms with Gasteiger partial charge in [0.15, 0.2) is 0 Å². The van der Waals surface area contributed by atoms with Crippen molar-refractivity contribution in [1.29, 1.82) is 0 Å². The van der Waals surface area contributed by atoms with Crippen molar-refractivity contribution in [2.24, 2.45) is 0 Å². The van der Waals surface area contributed by atoms with Gasteiger partial charge < -0.3 is 10.4 Å². The molecule has 2 N–H and O–H groups in total. The van der Waals surface area contributed by atoms with E-state index >= 15 is 0 Å². The molecular formula is C14H15F4NO3. The Kier molecular flexibility index (Phi) is 6.33. The molecule has 0 radical (unpaired) electrons. The first-order valence-electron chi connectivity index (χ1n) is 6.46. The quantitative estimate of drug-likeness (QED) is 0.723. The van der Waals surface area contributed by atoms with Crippen molar-refractivity contribution in [3.63, 3.8) is 0 Å². The molecule has 0 bridgehead atoms. The number of carboxylic acids is 1. The molecular weight excluding hydrogens is 306 g/mol. The average Bonchev–Trinajstić information content (AvgIpc) is 2.45. The number of aliphatic carboxylic acids is 1. The molecule has 0 fully saturated rings. The number of alkyl halides is 4. The van der Waals surface area contributed by atoms with Crippen LogP contribution in [-0.2, 0) is 16.0 Å². The maximum atomic E-state index is 13.0. The van der Waals surface area contributed by atoms with Crippen molar-refractivity contribution in [2.45, 2.75) is 37.7 Å². The lowest BCUT2D eigenvalue weighted by Gasteiger charge is -2.22. The largest absolute Gasteiger partial charge is 0.481 e. The van der Waals surface area contributed by atoms with E-state index in [1.54, 1.807) is 30.3 Å². The van der Waals surface area contributed by atoms with E-state index in [4.69, 9.17) is 5.11 Å². The third-order valence-corrected chi connectivity index (χ3v) is 2.94. The van der Waals surface area contributed by atoms with Crippen LogP contribution in [0.25, 0.3) is 0 Å². The molecule has 0 aliphatic heterocycles. The topological polar surface area (TPSA) is 66.4 Å². The van der Waals surface area contributed by atoms with Gasteiger partial charge in [0.1, 0.15) is 0 Å². The second-order valence-electron chi connectivity index (χ2n) is 4.72. The number of carbonyl (C=O) groups excluding carboxylic acids is 1. The highest BCUT2D eigenvalue weighted by atomic mass is 19.3. The van der Waals surface area contributed by atoms with Gasteiger partial charge in [-0.25, -0.2) is 8.78 Å². The normalized spacial score (nSPS) is 13.0. The highest BCUT2D eigenvalue weighted by molar-refractivity contribution is 5.84. The van der Waals surface area contributed by atoms with Crippen molar-refractivity contribution in [2.75, 3.05) is 0 Å². The molecule has 0 saturated carbocycles. The summed E-state index contributed by atoms with van der Waals surface area (Å²) in [7, 11) is 0. The summed E-state index contributed by atoms with van der Waals surface area (Å²) in [4.78, 5) is 21.8. The maximum Gasteiger partial charge on any atom is 0.383 e. The molecule has 4 nitrogen and oxygen atoms in total. The summed E-state index contributed by atoms with van der Waals surface area (Å²) in [6.07, 6.45) is -4.57. The molecule has 1 amide bonds. The molecule has 1 atom stereocenters. The van der Waals surface area contributed by atoms with Gasteiger partial charge in [-0.2, -0.15) is 8.78 Å². The Morgan fingerprint density at radius 3 is 2.27 bits per heavy atom. The molecule has 0 aliphatic rings. The number of amides is 1. The van der Waals surface area contributed by atoms with Crippen molar-refractivity contribution < 1.29 is 32.3 Å². The van der Waals surface area contributed by atoms with E-state index in [1.807, 2.05) is 5.32 Å². The van der Waals surface area contributed by atoms with E-state index in [2.05, 4.69) is 0 Å². The minimum absolute atomic E-state index is 0.0686. The number of nitrogens with one attached hydrogen (secondary N) is 1. The molecule has 22 heavy (non-hydrogen) atoms. The van der Waals surface area contributed by atoms with E-state index in [0.29, 0.717) is 5.56 Å². The maximum absolute atomic E-state index is 13.0.